The molecule has 2 heterocycles. The van der Waals surface area contributed by atoms with Crippen LogP contribution in [0.15, 0.2) is 82.2 Å². The molecule has 3 nitrogen and oxygen atoms in total. The normalized spacial score (nSPS) is 11.5. The number of rotatable bonds is 1. The summed E-state index contributed by atoms with van der Waals surface area (Å²) in [5.74, 6) is 0. The molecule has 0 saturated carbocycles. The number of para-hydroxylation sites is 1. The highest BCUT2D eigenvalue weighted by Crippen LogP contribution is 2.34. The van der Waals surface area contributed by atoms with Gasteiger partial charge in [0.1, 0.15) is 0 Å². The predicted octanol–water partition coefficient (Wildman–Crippen LogP) is 5.09. The fourth-order valence-electron chi connectivity index (χ4n) is 3.32. The highest BCUT2D eigenvalue weighted by Gasteiger charge is 2.14. The van der Waals surface area contributed by atoms with Gasteiger partial charge in [0.05, 0.1) is 11.8 Å². The van der Waals surface area contributed by atoms with Crippen LogP contribution < -0.4 is 5.43 Å². The molecule has 0 atom stereocenters. The zero-order chi connectivity index (χ0) is 16.1. The summed E-state index contributed by atoms with van der Waals surface area (Å²) >= 11 is 0. The number of aromatic amines is 1. The third-order valence-electron chi connectivity index (χ3n) is 4.50. The number of nitrogens with one attached hydrogen (secondary N) is 1. The molecule has 114 valence electrons. The Morgan fingerprint density at radius 2 is 1.50 bits per heavy atom. The van der Waals surface area contributed by atoms with Gasteiger partial charge in [0, 0.05) is 27.2 Å². The van der Waals surface area contributed by atoms with E-state index in [1.807, 2.05) is 54.6 Å². The maximum absolute atomic E-state index is 12.7. The molecule has 0 saturated heterocycles. The van der Waals surface area contributed by atoms with Gasteiger partial charge in [-0.3, -0.25) is 4.79 Å². The summed E-state index contributed by atoms with van der Waals surface area (Å²) in [7, 11) is 0. The number of hydrogen-bond acceptors (Lipinski definition) is 2. The van der Waals surface area contributed by atoms with Crippen molar-refractivity contribution >= 4 is 32.8 Å². The van der Waals surface area contributed by atoms with Gasteiger partial charge in [-0.1, -0.05) is 42.5 Å². The van der Waals surface area contributed by atoms with Gasteiger partial charge in [-0.25, -0.2) is 0 Å². The first kappa shape index (κ1) is 13.1. The second-order valence-corrected chi connectivity index (χ2v) is 5.88. The fraction of sp³-hybridized carbons (Fsp3) is 0. The van der Waals surface area contributed by atoms with Crippen molar-refractivity contribution in [2.75, 3.05) is 0 Å². The second kappa shape index (κ2) is 4.83. The summed E-state index contributed by atoms with van der Waals surface area (Å²) in [6, 6.07) is 21.5. The largest absolute Gasteiger partial charge is 0.461 e. The van der Waals surface area contributed by atoms with E-state index in [0.717, 1.165) is 27.5 Å². The summed E-state index contributed by atoms with van der Waals surface area (Å²) in [5.41, 5.74) is 4.44. The van der Waals surface area contributed by atoms with Crippen molar-refractivity contribution in [2.45, 2.75) is 0 Å². The SMILES string of the molecule is O=c1c2ccccc2[nH]c2c1ccc1c(-c3ccccc3)coc12. The van der Waals surface area contributed by atoms with Gasteiger partial charge >= 0.3 is 0 Å². The zero-order valence-electron chi connectivity index (χ0n) is 12.7. The molecule has 0 unspecified atom stereocenters. The molecular weight excluding hydrogens is 298 g/mol. The summed E-state index contributed by atoms with van der Waals surface area (Å²) < 4.78 is 5.85. The molecule has 0 amide bonds. The third kappa shape index (κ3) is 1.75. The van der Waals surface area contributed by atoms with Crippen LogP contribution in [0.25, 0.3) is 43.9 Å². The Kier molecular flexibility index (Phi) is 2.65. The van der Waals surface area contributed by atoms with Crippen LogP contribution in [0, 0.1) is 0 Å². The highest BCUT2D eigenvalue weighted by atomic mass is 16.3. The van der Waals surface area contributed by atoms with Gasteiger partial charge < -0.3 is 9.40 Å². The summed E-state index contributed by atoms with van der Waals surface area (Å²) in [6.45, 7) is 0. The molecule has 0 aliphatic rings. The quantitative estimate of drug-likeness (QED) is 0.438. The molecule has 5 rings (SSSR count). The Balaban J connectivity index is 1.92. The first-order chi connectivity index (χ1) is 11.8. The molecular formula is C21H13NO2. The van der Waals surface area contributed by atoms with Crippen molar-refractivity contribution in [1.29, 1.82) is 0 Å². The van der Waals surface area contributed by atoms with Crippen molar-refractivity contribution in [3.63, 3.8) is 0 Å². The third-order valence-corrected chi connectivity index (χ3v) is 4.50. The topological polar surface area (TPSA) is 46.0 Å². The first-order valence-corrected chi connectivity index (χ1v) is 7.83. The van der Waals surface area contributed by atoms with Crippen LogP contribution in [0.1, 0.15) is 0 Å². The molecule has 1 N–H and O–H groups in total. The van der Waals surface area contributed by atoms with Gasteiger partial charge in [0.15, 0.2) is 11.0 Å². The lowest BCUT2D eigenvalue weighted by atomic mass is 10.0. The van der Waals surface area contributed by atoms with Crippen LogP contribution in [0.3, 0.4) is 0 Å². The number of fused-ring (bicyclic) bond motifs is 4. The van der Waals surface area contributed by atoms with E-state index in [-0.39, 0.29) is 5.43 Å². The van der Waals surface area contributed by atoms with Crippen LogP contribution in [-0.4, -0.2) is 4.98 Å². The van der Waals surface area contributed by atoms with Gasteiger partial charge in [-0.15, -0.1) is 0 Å². The lowest BCUT2D eigenvalue weighted by Crippen LogP contribution is -2.03. The fourth-order valence-corrected chi connectivity index (χ4v) is 3.32. The van der Waals surface area contributed by atoms with Crippen molar-refractivity contribution in [3.05, 3.63) is 83.2 Å². The molecule has 2 aromatic heterocycles. The molecule has 0 radical (unpaired) electrons. The Morgan fingerprint density at radius 3 is 2.38 bits per heavy atom. The van der Waals surface area contributed by atoms with Crippen molar-refractivity contribution < 1.29 is 4.42 Å². The molecule has 3 aromatic carbocycles. The van der Waals surface area contributed by atoms with E-state index in [1.165, 1.54) is 0 Å². The van der Waals surface area contributed by atoms with Crippen LogP contribution >= 0.6 is 0 Å². The van der Waals surface area contributed by atoms with E-state index >= 15 is 0 Å². The number of H-pyrrole nitrogens is 1. The predicted molar refractivity (Wildman–Crippen MR) is 97.3 cm³/mol. The Hall–Kier alpha value is -3.33. The van der Waals surface area contributed by atoms with Gasteiger partial charge in [0.25, 0.3) is 0 Å². The lowest BCUT2D eigenvalue weighted by molar-refractivity contribution is 0.619. The Morgan fingerprint density at radius 1 is 0.750 bits per heavy atom. The van der Waals surface area contributed by atoms with Crippen molar-refractivity contribution in [2.24, 2.45) is 0 Å². The minimum atomic E-state index is 0.0268. The molecule has 24 heavy (non-hydrogen) atoms. The second-order valence-electron chi connectivity index (χ2n) is 5.88. The maximum atomic E-state index is 12.7. The number of hydrogen-bond donors (Lipinski definition) is 1. The van der Waals surface area contributed by atoms with Crippen LogP contribution in [0.2, 0.25) is 0 Å². The smallest absolute Gasteiger partial charge is 0.197 e. The van der Waals surface area contributed by atoms with Crippen LogP contribution in [0.4, 0.5) is 0 Å². The molecule has 0 aliphatic carbocycles. The van der Waals surface area contributed by atoms with Crippen molar-refractivity contribution in [1.82, 2.24) is 4.98 Å². The van der Waals surface area contributed by atoms with Crippen molar-refractivity contribution in [3.8, 4) is 11.1 Å². The summed E-state index contributed by atoms with van der Waals surface area (Å²) in [6.07, 6.45) is 1.76. The molecule has 0 fully saturated rings. The summed E-state index contributed by atoms with van der Waals surface area (Å²) in [4.78, 5) is 16.1. The number of furan rings is 1. The average Bonchev–Trinajstić information content (AvgIpc) is 3.07. The van der Waals surface area contributed by atoms with Gasteiger partial charge in [0.2, 0.25) is 0 Å². The van der Waals surface area contributed by atoms with Crippen LogP contribution in [0.5, 0.6) is 0 Å². The maximum Gasteiger partial charge on any atom is 0.197 e. The first-order valence-electron chi connectivity index (χ1n) is 7.83. The van der Waals surface area contributed by atoms with E-state index in [0.29, 0.717) is 16.4 Å². The molecule has 0 aliphatic heterocycles. The molecule has 5 aromatic rings. The highest BCUT2D eigenvalue weighted by molar-refractivity contribution is 6.09. The number of aromatic nitrogens is 1. The minimum absolute atomic E-state index is 0.0268. The Bertz CT molecular complexity index is 1260. The van der Waals surface area contributed by atoms with E-state index in [2.05, 4.69) is 17.1 Å². The number of benzene rings is 3. The van der Waals surface area contributed by atoms with E-state index in [9.17, 15) is 4.79 Å². The van der Waals surface area contributed by atoms with E-state index < -0.39 is 0 Å². The average molecular weight is 311 g/mol. The zero-order valence-corrected chi connectivity index (χ0v) is 12.7. The minimum Gasteiger partial charge on any atom is -0.461 e. The van der Waals surface area contributed by atoms with Crippen LogP contribution in [-0.2, 0) is 0 Å². The Labute approximate surface area is 137 Å². The van der Waals surface area contributed by atoms with Gasteiger partial charge in [-0.05, 0) is 29.8 Å². The standard InChI is InChI=1S/C21H13NO2/c23-20-15-8-4-5-9-18(15)22-19-16(20)11-10-14-17(12-24-21(14)19)13-6-2-1-3-7-13/h1-12H,(H,22,23). The molecule has 0 bridgehead atoms. The van der Waals surface area contributed by atoms with E-state index in [4.69, 9.17) is 4.42 Å². The number of pyridine rings is 1. The molecule has 0 spiro atoms. The lowest BCUT2D eigenvalue weighted by Gasteiger charge is -2.04. The molecule has 3 heteroatoms. The summed E-state index contributed by atoms with van der Waals surface area (Å²) in [5, 5.41) is 2.34. The monoisotopic (exact) mass is 311 g/mol. The van der Waals surface area contributed by atoms with Gasteiger partial charge in [-0.2, -0.15) is 0 Å². The van der Waals surface area contributed by atoms with E-state index in [1.54, 1.807) is 6.26 Å².